The average molecular weight is 661 g/mol. The van der Waals surface area contributed by atoms with E-state index in [1.807, 2.05) is 84.9 Å². The van der Waals surface area contributed by atoms with Gasteiger partial charge in [0.25, 0.3) is 0 Å². The first-order valence-corrected chi connectivity index (χ1v) is 16.2. The topological polar surface area (TPSA) is 95.1 Å². The second-order valence-corrected chi connectivity index (χ2v) is 13.1. The van der Waals surface area contributed by atoms with Crippen molar-refractivity contribution in [3.05, 3.63) is 142 Å². The Bertz CT molecular complexity index is 1660. The van der Waals surface area contributed by atoms with Gasteiger partial charge in [0, 0.05) is 40.2 Å². The zero-order chi connectivity index (χ0) is 31.8. The number of ether oxygens (including phenoxy) is 1. The van der Waals surface area contributed by atoms with Crippen LogP contribution in [0.2, 0.25) is 10.0 Å². The van der Waals surface area contributed by atoms with E-state index in [-0.39, 0.29) is 12.5 Å². The summed E-state index contributed by atoms with van der Waals surface area (Å²) in [6.45, 7) is 4.62. The Morgan fingerprint density at radius 1 is 0.911 bits per heavy atom. The lowest BCUT2D eigenvalue weighted by atomic mass is 9.93. The molecule has 0 saturated carbocycles. The Kier molecular flexibility index (Phi) is 10.8. The van der Waals surface area contributed by atoms with Crippen LogP contribution >= 0.6 is 35.0 Å². The van der Waals surface area contributed by atoms with E-state index in [1.165, 1.54) is 11.8 Å². The summed E-state index contributed by atoms with van der Waals surface area (Å²) in [5.74, 6) is 0.705. The van der Waals surface area contributed by atoms with Gasteiger partial charge in [0.1, 0.15) is 10.9 Å². The third-order valence-electron chi connectivity index (χ3n) is 7.12. The smallest absolute Gasteiger partial charge is 0.409 e. The maximum Gasteiger partial charge on any atom is 0.409 e. The lowest BCUT2D eigenvalue weighted by Crippen LogP contribution is -2.59. The summed E-state index contributed by atoms with van der Waals surface area (Å²) in [7, 11) is 0. The molecule has 0 spiro atoms. The van der Waals surface area contributed by atoms with Gasteiger partial charge in [-0.3, -0.25) is 4.98 Å². The van der Waals surface area contributed by atoms with Crippen LogP contribution in [-0.2, 0) is 30.7 Å². The number of amides is 1. The van der Waals surface area contributed by atoms with Crippen molar-refractivity contribution in [2.45, 2.75) is 61.3 Å². The van der Waals surface area contributed by atoms with Crippen molar-refractivity contribution in [3.8, 4) is 0 Å². The second kappa shape index (κ2) is 15.0. The summed E-state index contributed by atoms with van der Waals surface area (Å²) in [6.07, 6.45) is 3.74. The molecule has 232 valence electrons. The number of aromatic nitrogens is 3. The lowest BCUT2D eigenvalue weighted by Gasteiger charge is -2.30. The molecule has 0 fully saturated rings. The Morgan fingerprint density at radius 2 is 1.49 bits per heavy atom. The summed E-state index contributed by atoms with van der Waals surface area (Å²) in [6, 6.07) is 29.1. The molecule has 2 aromatic heterocycles. The molecule has 5 aromatic rings. The lowest BCUT2D eigenvalue weighted by molar-refractivity contribution is 0.122. The molecule has 5 rings (SSSR count). The van der Waals surface area contributed by atoms with Gasteiger partial charge in [-0.25, -0.2) is 9.78 Å². The predicted molar refractivity (Wildman–Crippen MR) is 181 cm³/mol. The Labute approximate surface area is 278 Å². The largest absolute Gasteiger partial charge is 0.441 e. The summed E-state index contributed by atoms with van der Waals surface area (Å²) in [4.78, 5) is 23.4. The summed E-state index contributed by atoms with van der Waals surface area (Å²) in [5.41, 5.74) is 9.72. The van der Waals surface area contributed by atoms with E-state index in [2.05, 4.69) is 28.7 Å². The van der Waals surface area contributed by atoms with Gasteiger partial charge in [-0.15, -0.1) is 0 Å². The van der Waals surface area contributed by atoms with Gasteiger partial charge in [0.15, 0.2) is 6.61 Å². The molecule has 1 amide bonds. The Balaban J connectivity index is 1.41. The van der Waals surface area contributed by atoms with Crippen LogP contribution in [0.4, 0.5) is 4.79 Å². The maximum atomic E-state index is 13.4. The van der Waals surface area contributed by atoms with Crippen molar-refractivity contribution < 1.29 is 9.53 Å². The molecule has 0 bridgehead atoms. The first-order valence-electron chi connectivity index (χ1n) is 14.6. The van der Waals surface area contributed by atoms with Crippen molar-refractivity contribution >= 4 is 41.1 Å². The zero-order valence-corrected chi connectivity index (χ0v) is 27.4. The van der Waals surface area contributed by atoms with E-state index in [1.54, 1.807) is 18.5 Å². The molecule has 10 heteroatoms. The number of carbonyl (C=O) groups excluding carboxylic acids is 1. The van der Waals surface area contributed by atoms with Crippen LogP contribution in [0, 0.1) is 0 Å². The van der Waals surface area contributed by atoms with Gasteiger partial charge < -0.3 is 20.4 Å². The summed E-state index contributed by atoms with van der Waals surface area (Å²) >= 11 is 14.2. The fraction of sp³-hybridized carbons (Fsp3) is 0.229. The van der Waals surface area contributed by atoms with Crippen LogP contribution in [0.3, 0.4) is 0 Å². The maximum absolute atomic E-state index is 13.4. The minimum absolute atomic E-state index is 0.0553. The predicted octanol–water partition coefficient (Wildman–Crippen LogP) is 8.27. The number of halogens is 2. The molecule has 0 aliphatic heterocycles. The molecule has 3 N–H and O–H groups in total. The number of nitrogens with zero attached hydrogens (tertiary/aromatic N) is 3. The van der Waals surface area contributed by atoms with E-state index in [9.17, 15) is 4.79 Å². The zero-order valence-electron chi connectivity index (χ0n) is 25.1. The summed E-state index contributed by atoms with van der Waals surface area (Å²) < 4.78 is 7.91. The molecule has 3 aromatic carbocycles. The van der Waals surface area contributed by atoms with Gasteiger partial charge in [0.05, 0.1) is 17.9 Å². The number of carbonyl (C=O) groups is 1. The molecule has 0 aliphatic rings. The first-order chi connectivity index (χ1) is 21.7. The second-order valence-electron chi connectivity index (χ2n) is 11.2. The van der Waals surface area contributed by atoms with E-state index in [4.69, 9.17) is 38.7 Å². The van der Waals surface area contributed by atoms with Gasteiger partial charge in [0.2, 0.25) is 0 Å². The van der Waals surface area contributed by atoms with E-state index in [0.29, 0.717) is 35.3 Å². The van der Waals surface area contributed by atoms with Gasteiger partial charge in [-0.1, -0.05) is 109 Å². The first kappa shape index (κ1) is 32.6. The minimum Gasteiger partial charge on any atom is -0.441 e. The molecule has 0 saturated heterocycles. The van der Waals surface area contributed by atoms with Crippen LogP contribution < -0.4 is 11.1 Å². The van der Waals surface area contributed by atoms with Crippen molar-refractivity contribution in [2.24, 2.45) is 5.73 Å². The molecule has 0 radical (unpaired) electrons. The Morgan fingerprint density at radius 3 is 2.04 bits per heavy atom. The van der Waals surface area contributed by atoms with Crippen molar-refractivity contribution in [1.29, 1.82) is 0 Å². The highest BCUT2D eigenvalue weighted by atomic mass is 35.5. The minimum atomic E-state index is -1.08. The van der Waals surface area contributed by atoms with Gasteiger partial charge in [-0.05, 0) is 52.9 Å². The van der Waals surface area contributed by atoms with Gasteiger partial charge in [-0.2, -0.15) is 0 Å². The standard InChI is InChI=1S/C35H35Cl2N5O2S/c1-24(2)32-33(45-30-18-28(36)17-29(37)19-30)42(22-27-13-15-39-16-14-27)31(40-32)23-44-34(43)41-35(38,20-25-9-5-3-6-10-25)21-26-11-7-4-8-12-26/h3-19,24H,20-23,38H2,1-2H3,(H,41,43). The quantitative estimate of drug-likeness (QED) is 0.131. The van der Waals surface area contributed by atoms with Crippen LogP contribution in [-0.4, -0.2) is 26.3 Å². The highest BCUT2D eigenvalue weighted by molar-refractivity contribution is 7.99. The van der Waals surface area contributed by atoms with Crippen LogP contribution in [0.25, 0.3) is 0 Å². The molecule has 0 unspecified atom stereocenters. The van der Waals surface area contributed by atoms with Crippen molar-refractivity contribution in [1.82, 2.24) is 19.9 Å². The number of nitrogens with two attached hydrogens (primary N) is 1. The number of benzene rings is 3. The number of rotatable bonds is 12. The van der Waals surface area contributed by atoms with Crippen LogP contribution in [0.1, 0.15) is 48.0 Å². The highest BCUT2D eigenvalue weighted by Gasteiger charge is 2.29. The van der Waals surface area contributed by atoms with E-state index in [0.717, 1.165) is 32.3 Å². The number of imidazole rings is 1. The molecule has 0 atom stereocenters. The average Bonchev–Trinajstić information content (AvgIpc) is 3.33. The Hall–Kier alpha value is -3.82. The molecule has 7 nitrogen and oxygen atoms in total. The number of hydrogen-bond acceptors (Lipinski definition) is 6. The fourth-order valence-corrected chi connectivity index (χ4v) is 6.99. The van der Waals surface area contributed by atoms with Crippen molar-refractivity contribution in [3.63, 3.8) is 0 Å². The SMILES string of the molecule is CC(C)c1nc(COC(=O)NC(N)(Cc2ccccc2)Cc2ccccc2)n(Cc2ccncc2)c1Sc1cc(Cl)cc(Cl)c1. The van der Waals surface area contributed by atoms with E-state index < -0.39 is 11.8 Å². The fourth-order valence-electron chi connectivity index (χ4n) is 5.07. The van der Waals surface area contributed by atoms with E-state index >= 15 is 0 Å². The number of nitrogens with one attached hydrogen (secondary N) is 1. The number of alkyl carbamates (subject to hydrolysis) is 1. The van der Waals surface area contributed by atoms with Crippen molar-refractivity contribution in [2.75, 3.05) is 0 Å². The van der Waals surface area contributed by atoms with Crippen LogP contribution in [0.15, 0.2) is 113 Å². The molecule has 2 heterocycles. The molecule has 0 aliphatic carbocycles. The number of pyridine rings is 1. The molecular weight excluding hydrogens is 625 g/mol. The van der Waals surface area contributed by atoms with Crippen LogP contribution in [0.5, 0.6) is 0 Å². The third-order valence-corrected chi connectivity index (χ3v) is 8.65. The third kappa shape index (κ3) is 9.11. The normalized spacial score (nSPS) is 11.5. The number of hydrogen-bond donors (Lipinski definition) is 2. The molecular formula is C35H35Cl2N5O2S. The monoisotopic (exact) mass is 659 g/mol. The van der Waals surface area contributed by atoms with Gasteiger partial charge >= 0.3 is 6.09 Å². The molecule has 45 heavy (non-hydrogen) atoms. The highest BCUT2D eigenvalue weighted by Crippen LogP contribution is 2.37. The summed E-state index contributed by atoms with van der Waals surface area (Å²) in [5, 5.41) is 4.98.